The van der Waals surface area contributed by atoms with Gasteiger partial charge in [-0.25, -0.2) is 0 Å². The van der Waals surface area contributed by atoms with Gasteiger partial charge in [0.2, 0.25) is 0 Å². The maximum absolute atomic E-state index is 12.9. The van der Waals surface area contributed by atoms with Crippen LogP contribution in [0.2, 0.25) is 0 Å². The van der Waals surface area contributed by atoms with Crippen molar-refractivity contribution in [1.29, 1.82) is 0 Å². The Labute approximate surface area is 446 Å². The Morgan fingerprint density at radius 1 is 0.292 bits per heavy atom. The van der Waals surface area contributed by atoms with Crippen LogP contribution in [-0.2, 0) is 28.6 Å². The minimum absolute atomic E-state index is 0.0884. The summed E-state index contributed by atoms with van der Waals surface area (Å²) in [5.74, 6) is -0.921. The fourth-order valence-corrected chi connectivity index (χ4v) is 8.82. The highest BCUT2D eigenvalue weighted by Gasteiger charge is 2.19. The van der Waals surface area contributed by atoms with Crippen LogP contribution in [-0.4, -0.2) is 37.2 Å². The number of unbranched alkanes of at least 4 members (excludes halogenated alkanes) is 33. The largest absolute Gasteiger partial charge is 0.462 e. The van der Waals surface area contributed by atoms with E-state index in [4.69, 9.17) is 14.2 Å². The molecule has 1 unspecified atom stereocenters. The molecule has 1 atom stereocenters. The monoisotopic (exact) mass is 1000 g/mol. The van der Waals surface area contributed by atoms with Crippen molar-refractivity contribution in [2.45, 2.75) is 316 Å². The summed E-state index contributed by atoms with van der Waals surface area (Å²) in [4.78, 5) is 38.3. The Morgan fingerprint density at radius 3 is 0.875 bits per heavy atom. The fourth-order valence-electron chi connectivity index (χ4n) is 8.82. The minimum atomic E-state index is -0.793. The highest BCUT2D eigenvalue weighted by molar-refractivity contribution is 5.71. The highest BCUT2D eigenvalue weighted by Crippen LogP contribution is 2.17. The van der Waals surface area contributed by atoms with Crippen LogP contribution in [0.25, 0.3) is 0 Å². The molecule has 72 heavy (non-hydrogen) atoms. The second kappa shape index (κ2) is 60.4. The molecule has 0 N–H and O–H groups in total. The molecule has 0 aliphatic carbocycles. The van der Waals surface area contributed by atoms with Gasteiger partial charge in [-0.3, -0.25) is 14.4 Å². The van der Waals surface area contributed by atoms with Gasteiger partial charge < -0.3 is 14.2 Å². The molecule has 0 aliphatic rings. The minimum Gasteiger partial charge on any atom is -0.462 e. The Morgan fingerprint density at radius 2 is 0.542 bits per heavy atom. The summed E-state index contributed by atoms with van der Waals surface area (Å²) in [6.07, 6.45) is 77.6. The molecule has 0 aromatic rings. The Balaban J connectivity index is 4.39. The topological polar surface area (TPSA) is 78.9 Å². The molecule has 6 nitrogen and oxygen atoms in total. The van der Waals surface area contributed by atoms with Crippen molar-refractivity contribution in [3.8, 4) is 0 Å². The molecule has 0 aromatic heterocycles. The van der Waals surface area contributed by atoms with Crippen LogP contribution in [0.15, 0.2) is 72.9 Å². The molecular weight excluding hydrogens is 889 g/mol. The molecule has 0 aliphatic heterocycles. The summed E-state index contributed by atoms with van der Waals surface area (Å²) in [5.41, 5.74) is 0. The first-order valence-corrected chi connectivity index (χ1v) is 30.9. The Bertz CT molecular complexity index is 1340. The van der Waals surface area contributed by atoms with Gasteiger partial charge in [-0.05, 0) is 89.9 Å². The van der Waals surface area contributed by atoms with Gasteiger partial charge >= 0.3 is 17.9 Å². The smallest absolute Gasteiger partial charge is 0.306 e. The molecule has 0 bridgehead atoms. The quantitative estimate of drug-likeness (QED) is 0.0261. The molecule has 6 heteroatoms. The third kappa shape index (κ3) is 57.7. The maximum Gasteiger partial charge on any atom is 0.306 e. The van der Waals surface area contributed by atoms with Crippen molar-refractivity contribution in [3.63, 3.8) is 0 Å². The average molecular weight is 1010 g/mol. The second-order valence-electron chi connectivity index (χ2n) is 20.6. The molecule has 0 radical (unpaired) electrons. The van der Waals surface area contributed by atoms with E-state index in [9.17, 15) is 14.4 Å². The third-order valence-electron chi connectivity index (χ3n) is 13.4. The summed E-state index contributed by atoms with van der Waals surface area (Å²) in [6, 6.07) is 0. The van der Waals surface area contributed by atoms with Crippen molar-refractivity contribution in [2.75, 3.05) is 13.2 Å². The summed E-state index contributed by atoms with van der Waals surface area (Å²) >= 11 is 0. The van der Waals surface area contributed by atoms with Gasteiger partial charge in [0.25, 0.3) is 0 Å². The molecule has 0 saturated heterocycles. The van der Waals surface area contributed by atoms with Crippen molar-refractivity contribution in [3.05, 3.63) is 72.9 Å². The van der Waals surface area contributed by atoms with Crippen molar-refractivity contribution < 1.29 is 28.6 Å². The molecule has 0 rings (SSSR count). The van der Waals surface area contributed by atoms with E-state index in [1.807, 2.05) is 0 Å². The van der Waals surface area contributed by atoms with Crippen LogP contribution in [0.1, 0.15) is 310 Å². The molecule has 0 amide bonds. The van der Waals surface area contributed by atoms with Crippen molar-refractivity contribution in [1.82, 2.24) is 0 Å². The van der Waals surface area contributed by atoms with E-state index in [0.29, 0.717) is 19.3 Å². The first kappa shape index (κ1) is 68.8. The molecule has 416 valence electrons. The lowest BCUT2D eigenvalue weighted by molar-refractivity contribution is -0.167. The molecule has 0 fully saturated rings. The molecular formula is C66H116O6. The van der Waals surface area contributed by atoms with Crippen LogP contribution in [0, 0.1) is 0 Å². The zero-order chi connectivity index (χ0) is 52.2. The SMILES string of the molecule is CC/C=C\C/C=C\C/C=C\C/C=C\CCCCC(=O)OCC(COC(=O)CCCCCCCCCCC/C=C\C/C=C\CCCCCCC)OC(=O)CCCCCCCCCCCCCCCCCCCC. The number of ether oxygens (including phenoxy) is 3. The van der Waals surface area contributed by atoms with Crippen LogP contribution in [0.5, 0.6) is 0 Å². The zero-order valence-corrected chi connectivity index (χ0v) is 47.7. The van der Waals surface area contributed by atoms with Gasteiger partial charge in [0, 0.05) is 19.3 Å². The number of allylic oxidation sites excluding steroid dienone is 12. The Hall–Kier alpha value is -3.15. The average Bonchev–Trinajstić information content (AvgIpc) is 3.38. The lowest BCUT2D eigenvalue weighted by Gasteiger charge is -2.18. The Kier molecular flexibility index (Phi) is 57.8. The number of carbonyl (C=O) groups is 3. The number of hydrogen-bond acceptors (Lipinski definition) is 6. The first-order chi connectivity index (χ1) is 35.5. The molecule has 0 heterocycles. The van der Waals surface area contributed by atoms with Crippen LogP contribution in [0.3, 0.4) is 0 Å². The van der Waals surface area contributed by atoms with Gasteiger partial charge in [-0.1, -0.05) is 273 Å². The van der Waals surface area contributed by atoms with E-state index in [1.165, 1.54) is 180 Å². The lowest BCUT2D eigenvalue weighted by atomic mass is 10.0. The van der Waals surface area contributed by atoms with E-state index in [0.717, 1.165) is 89.9 Å². The first-order valence-electron chi connectivity index (χ1n) is 30.9. The van der Waals surface area contributed by atoms with Gasteiger partial charge in [0.05, 0.1) is 0 Å². The summed E-state index contributed by atoms with van der Waals surface area (Å²) in [6.45, 7) is 6.51. The number of esters is 3. The fraction of sp³-hybridized carbons (Fsp3) is 0.773. The van der Waals surface area contributed by atoms with Crippen LogP contribution >= 0.6 is 0 Å². The van der Waals surface area contributed by atoms with Crippen molar-refractivity contribution >= 4 is 17.9 Å². The number of hydrogen-bond donors (Lipinski definition) is 0. The number of carbonyl (C=O) groups excluding carboxylic acids is 3. The van der Waals surface area contributed by atoms with E-state index >= 15 is 0 Å². The van der Waals surface area contributed by atoms with Gasteiger partial charge in [0.15, 0.2) is 6.10 Å². The summed E-state index contributed by atoms with van der Waals surface area (Å²) in [5, 5.41) is 0. The van der Waals surface area contributed by atoms with E-state index in [1.54, 1.807) is 0 Å². The number of rotatable bonds is 56. The van der Waals surface area contributed by atoms with E-state index < -0.39 is 6.10 Å². The predicted molar refractivity (Wildman–Crippen MR) is 311 cm³/mol. The normalized spacial score (nSPS) is 12.5. The van der Waals surface area contributed by atoms with E-state index in [2.05, 4.69) is 93.7 Å². The molecule has 0 saturated carbocycles. The summed E-state index contributed by atoms with van der Waals surface area (Å²) < 4.78 is 16.9. The molecule has 0 aromatic carbocycles. The highest BCUT2D eigenvalue weighted by atomic mass is 16.6. The van der Waals surface area contributed by atoms with Crippen LogP contribution < -0.4 is 0 Å². The summed E-state index contributed by atoms with van der Waals surface area (Å²) in [7, 11) is 0. The zero-order valence-electron chi connectivity index (χ0n) is 47.7. The van der Waals surface area contributed by atoms with Crippen LogP contribution in [0.4, 0.5) is 0 Å². The maximum atomic E-state index is 12.9. The van der Waals surface area contributed by atoms with Gasteiger partial charge in [0.1, 0.15) is 13.2 Å². The second-order valence-corrected chi connectivity index (χ2v) is 20.6. The molecule has 0 spiro atoms. The van der Waals surface area contributed by atoms with Gasteiger partial charge in [-0.2, -0.15) is 0 Å². The lowest BCUT2D eigenvalue weighted by Crippen LogP contribution is -2.30. The van der Waals surface area contributed by atoms with Crippen molar-refractivity contribution in [2.24, 2.45) is 0 Å². The standard InChI is InChI=1S/C66H116O6/c1-4-7-10-13-16-19-22-25-28-30-32-33-34-36-38-41-44-47-50-53-56-59-65(68)71-62-63(61-70-64(67)58-55-52-49-46-43-40-37-27-24-21-18-15-12-9-6-3)72-66(69)60-57-54-51-48-45-42-39-35-31-29-26-23-20-17-14-11-8-5-2/h9,12,18,21-22,25,27,30,32,37,43,46,63H,4-8,10-11,13-17,19-20,23-24,26,28-29,31,33-36,38-42,44-45,47-62H2,1-3H3/b12-9-,21-18-,25-22-,32-30-,37-27-,46-43-. The van der Waals surface area contributed by atoms with E-state index in [-0.39, 0.29) is 31.1 Å². The predicted octanol–water partition coefficient (Wildman–Crippen LogP) is 20.9. The van der Waals surface area contributed by atoms with Gasteiger partial charge in [-0.15, -0.1) is 0 Å². The third-order valence-corrected chi connectivity index (χ3v) is 13.4.